The number of aromatic nitrogens is 2. The third kappa shape index (κ3) is 5.52. The SMILES string of the molecule is Cc1nc(C2CCCCN2C(=O)COc2ccccc2)ncc1C(=O)Nc1ccc(F)cc1. The number of carbonyl (C=O) groups is 2. The predicted molar refractivity (Wildman–Crippen MR) is 121 cm³/mol. The fraction of sp³-hybridized carbons (Fsp3) is 0.280. The topological polar surface area (TPSA) is 84.4 Å². The van der Waals surface area contributed by atoms with E-state index in [1.54, 1.807) is 11.8 Å². The summed E-state index contributed by atoms with van der Waals surface area (Å²) < 4.78 is 18.7. The maximum Gasteiger partial charge on any atom is 0.261 e. The zero-order chi connectivity index (χ0) is 23.2. The Kier molecular flexibility index (Phi) is 6.92. The number of hydrogen-bond donors (Lipinski definition) is 1. The molecule has 1 aliphatic rings. The van der Waals surface area contributed by atoms with Gasteiger partial charge in [0, 0.05) is 18.4 Å². The van der Waals surface area contributed by atoms with Crippen molar-refractivity contribution in [3.05, 3.63) is 83.7 Å². The van der Waals surface area contributed by atoms with E-state index in [-0.39, 0.29) is 30.3 Å². The van der Waals surface area contributed by atoms with Gasteiger partial charge in [-0.25, -0.2) is 14.4 Å². The first kappa shape index (κ1) is 22.4. The maximum atomic E-state index is 13.1. The Hall–Kier alpha value is -3.81. The molecule has 0 radical (unpaired) electrons. The van der Waals surface area contributed by atoms with Crippen molar-refractivity contribution in [2.24, 2.45) is 0 Å². The molecule has 0 bridgehead atoms. The van der Waals surface area contributed by atoms with Crippen molar-refractivity contribution in [2.75, 3.05) is 18.5 Å². The highest BCUT2D eigenvalue weighted by molar-refractivity contribution is 6.04. The van der Waals surface area contributed by atoms with Crippen LogP contribution in [0.1, 0.15) is 47.2 Å². The predicted octanol–water partition coefficient (Wildman–Crippen LogP) is 4.31. The maximum absolute atomic E-state index is 13.1. The van der Waals surface area contributed by atoms with Gasteiger partial charge in [0.25, 0.3) is 11.8 Å². The van der Waals surface area contributed by atoms with Crippen LogP contribution in [0.15, 0.2) is 60.8 Å². The molecule has 0 saturated carbocycles. The van der Waals surface area contributed by atoms with Gasteiger partial charge < -0.3 is 15.0 Å². The number of hydrogen-bond acceptors (Lipinski definition) is 5. The van der Waals surface area contributed by atoms with Crippen LogP contribution in [-0.2, 0) is 4.79 Å². The number of nitrogens with one attached hydrogen (secondary N) is 1. The van der Waals surface area contributed by atoms with Crippen LogP contribution in [0.3, 0.4) is 0 Å². The summed E-state index contributed by atoms with van der Waals surface area (Å²) >= 11 is 0. The van der Waals surface area contributed by atoms with Gasteiger partial charge in [-0.15, -0.1) is 0 Å². The molecule has 7 nitrogen and oxygen atoms in total. The molecule has 1 atom stereocenters. The number of anilines is 1. The van der Waals surface area contributed by atoms with Crippen LogP contribution in [0.5, 0.6) is 5.75 Å². The van der Waals surface area contributed by atoms with Crippen molar-refractivity contribution in [1.29, 1.82) is 0 Å². The molecule has 4 rings (SSSR count). The van der Waals surface area contributed by atoms with E-state index in [0.29, 0.717) is 35.1 Å². The fourth-order valence-corrected chi connectivity index (χ4v) is 3.84. The summed E-state index contributed by atoms with van der Waals surface area (Å²) in [6.07, 6.45) is 4.10. The van der Waals surface area contributed by atoms with Crippen LogP contribution in [0.2, 0.25) is 0 Å². The lowest BCUT2D eigenvalue weighted by Crippen LogP contribution is -2.41. The summed E-state index contributed by atoms with van der Waals surface area (Å²) in [6.45, 7) is 2.28. The Morgan fingerprint density at radius 2 is 1.88 bits per heavy atom. The summed E-state index contributed by atoms with van der Waals surface area (Å²) in [6, 6.07) is 14.5. The molecule has 0 spiro atoms. The van der Waals surface area contributed by atoms with E-state index in [0.717, 1.165) is 19.3 Å². The van der Waals surface area contributed by atoms with E-state index in [4.69, 9.17) is 4.74 Å². The van der Waals surface area contributed by atoms with Gasteiger partial charge in [-0.1, -0.05) is 18.2 Å². The molecule has 2 aromatic carbocycles. The number of rotatable bonds is 6. The minimum atomic E-state index is -0.377. The van der Waals surface area contributed by atoms with Crippen LogP contribution in [0.25, 0.3) is 0 Å². The number of piperidine rings is 1. The first-order valence-corrected chi connectivity index (χ1v) is 10.9. The molecule has 1 fully saturated rings. The van der Waals surface area contributed by atoms with E-state index < -0.39 is 0 Å². The normalized spacial score (nSPS) is 15.7. The van der Waals surface area contributed by atoms with Gasteiger partial charge in [0.15, 0.2) is 12.4 Å². The Labute approximate surface area is 191 Å². The molecule has 2 amide bonds. The lowest BCUT2D eigenvalue weighted by atomic mass is 10.0. The number of amides is 2. The van der Waals surface area contributed by atoms with Gasteiger partial charge in [-0.05, 0) is 62.6 Å². The minimum absolute atomic E-state index is 0.0579. The van der Waals surface area contributed by atoms with Crippen molar-refractivity contribution in [3.63, 3.8) is 0 Å². The van der Waals surface area contributed by atoms with Crippen LogP contribution < -0.4 is 10.1 Å². The lowest BCUT2D eigenvalue weighted by molar-refractivity contribution is -0.137. The number of aryl methyl sites for hydroxylation is 1. The number of ether oxygens (including phenoxy) is 1. The van der Waals surface area contributed by atoms with Crippen molar-refractivity contribution < 1.29 is 18.7 Å². The largest absolute Gasteiger partial charge is 0.484 e. The molecule has 3 aromatic rings. The number of likely N-dealkylation sites (tertiary alicyclic amines) is 1. The molecule has 1 saturated heterocycles. The highest BCUT2D eigenvalue weighted by atomic mass is 19.1. The summed E-state index contributed by atoms with van der Waals surface area (Å²) in [5.74, 6) is 0.278. The van der Waals surface area contributed by atoms with E-state index in [9.17, 15) is 14.0 Å². The first-order valence-electron chi connectivity index (χ1n) is 10.9. The monoisotopic (exact) mass is 448 g/mol. The van der Waals surface area contributed by atoms with Crippen LogP contribution in [-0.4, -0.2) is 39.8 Å². The molecular weight excluding hydrogens is 423 g/mol. The summed E-state index contributed by atoms with van der Waals surface area (Å²) in [5, 5.41) is 2.72. The number of benzene rings is 2. The minimum Gasteiger partial charge on any atom is -0.484 e. The van der Waals surface area contributed by atoms with E-state index in [1.807, 2.05) is 30.3 Å². The molecule has 0 aliphatic carbocycles. The molecule has 170 valence electrons. The number of para-hydroxylation sites is 1. The molecule has 8 heteroatoms. The second kappa shape index (κ2) is 10.2. The Bertz CT molecular complexity index is 1120. The van der Waals surface area contributed by atoms with Gasteiger partial charge in [0.2, 0.25) is 0 Å². The van der Waals surface area contributed by atoms with E-state index in [1.165, 1.54) is 30.5 Å². The standard InChI is InChI=1S/C25H25FN4O3/c1-17-21(25(32)29-19-12-10-18(26)11-13-19)15-27-24(28-17)22-9-5-6-14-30(22)23(31)16-33-20-7-3-2-4-8-20/h2-4,7-8,10-13,15,22H,5-6,9,14,16H2,1H3,(H,29,32). The average molecular weight is 448 g/mol. The summed E-state index contributed by atoms with van der Waals surface area (Å²) in [7, 11) is 0. The van der Waals surface area contributed by atoms with Crippen LogP contribution in [0.4, 0.5) is 10.1 Å². The van der Waals surface area contributed by atoms with Crippen molar-refractivity contribution in [2.45, 2.75) is 32.2 Å². The zero-order valence-electron chi connectivity index (χ0n) is 18.3. The van der Waals surface area contributed by atoms with Gasteiger partial charge in [-0.2, -0.15) is 0 Å². The molecular formula is C25H25FN4O3. The quantitative estimate of drug-likeness (QED) is 0.608. The van der Waals surface area contributed by atoms with Gasteiger partial charge in [0.05, 0.1) is 17.3 Å². The number of nitrogens with zero attached hydrogens (tertiary/aromatic N) is 3. The van der Waals surface area contributed by atoms with Crippen molar-refractivity contribution in [3.8, 4) is 5.75 Å². The Morgan fingerprint density at radius 3 is 2.61 bits per heavy atom. The highest BCUT2D eigenvalue weighted by Crippen LogP contribution is 2.29. The summed E-state index contributed by atoms with van der Waals surface area (Å²) in [5.41, 5.74) is 1.31. The average Bonchev–Trinajstić information content (AvgIpc) is 2.84. The van der Waals surface area contributed by atoms with Crippen LogP contribution in [0, 0.1) is 12.7 Å². The fourth-order valence-electron chi connectivity index (χ4n) is 3.84. The highest BCUT2D eigenvalue weighted by Gasteiger charge is 2.30. The molecule has 2 heterocycles. The lowest BCUT2D eigenvalue weighted by Gasteiger charge is -2.34. The second-order valence-corrected chi connectivity index (χ2v) is 7.89. The van der Waals surface area contributed by atoms with Gasteiger partial charge >= 0.3 is 0 Å². The molecule has 1 aromatic heterocycles. The van der Waals surface area contributed by atoms with Gasteiger partial charge in [0.1, 0.15) is 11.6 Å². The van der Waals surface area contributed by atoms with Crippen molar-refractivity contribution >= 4 is 17.5 Å². The van der Waals surface area contributed by atoms with Crippen LogP contribution >= 0.6 is 0 Å². The van der Waals surface area contributed by atoms with E-state index in [2.05, 4.69) is 15.3 Å². The molecule has 33 heavy (non-hydrogen) atoms. The number of halogens is 1. The summed E-state index contributed by atoms with van der Waals surface area (Å²) in [4.78, 5) is 36.3. The van der Waals surface area contributed by atoms with Crippen molar-refractivity contribution in [1.82, 2.24) is 14.9 Å². The number of carbonyl (C=O) groups excluding carboxylic acids is 2. The zero-order valence-corrected chi connectivity index (χ0v) is 18.3. The Morgan fingerprint density at radius 1 is 1.12 bits per heavy atom. The Balaban J connectivity index is 1.46. The first-order chi connectivity index (χ1) is 16.0. The third-order valence-corrected chi connectivity index (χ3v) is 5.57. The second-order valence-electron chi connectivity index (χ2n) is 7.89. The molecule has 1 N–H and O–H groups in total. The third-order valence-electron chi connectivity index (χ3n) is 5.57. The van der Waals surface area contributed by atoms with Gasteiger partial charge in [-0.3, -0.25) is 9.59 Å². The molecule has 1 unspecified atom stereocenters. The smallest absolute Gasteiger partial charge is 0.261 e. The van der Waals surface area contributed by atoms with E-state index >= 15 is 0 Å². The molecule has 1 aliphatic heterocycles.